The number of ether oxygens (including phenoxy) is 1. The van der Waals surface area contributed by atoms with Gasteiger partial charge in [-0.05, 0) is 24.1 Å². The molecule has 1 aromatic rings. The van der Waals surface area contributed by atoms with E-state index in [1.807, 2.05) is 13.0 Å². The first kappa shape index (κ1) is 16.7. The fourth-order valence-electron chi connectivity index (χ4n) is 1.57. The highest BCUT2D eigenvalue weighted by Gasteiger charge is 2.08. The lowest BCUT2D eigenvalue weighted by Gasteiger charge is -2.08. The fourth-order valence-corrected chi connectivity index (χ4v) is 2.09. The quantitative estimate of drug-likeness (QED) is 0.742. The molecular formula is C14H19BrN2O3. The first-order valence-electron chi connectivity index (χ1n) is 6.42. The van der Waals surface area contributed by atoms with Crippen LogP contribution in [-0.4, -0.2) is 32.1 Å². The largest absolute Gasteiger partial charge is 0.465 e. The van der Waals surface area contributed by atoms with Gasteiger partial charge in [-0.25, -0.2) is 4.79 Å². The molecule has 0 aliphatic heterocycles. The van der Waals surface area contributed by atoms with Gasteiger partial charge in [0, 0.05) is 17.6 Å². The predicted molar refractivity (Wildman–Crippen MR) is 80.5 cm³/mol. The molecule has 110 valence electrons. The Labute approximate surface area is 127 Å². The van der Waals surface area contributed by atoms with Crippen LogP contribution in [0.2, 0.25) is 0 Å². The second-order valence-corrected chi connectivity index (χ2v) is 5.11. The van der Waals surface area contributed by atoms with Crippen LogP contribution >= 0.6 is 15.9 Å². The summed E-state index contributed by atoms with van der Waals surface area (Å²) in [4.78, 5) is 22.8. The average molecular weight is 343 g/mol. The fraction of sp³-hybridized carbons (Fsp3) is 0.429. The van der Waals surface area contributed by atoms with Crippen LogP contribution in [0.1, 0.15) is 29.3 Å². The van der Waals surface area contributed by atoms with E-state index < -0.39 is 0 Å². The summed E-state index contributed by atoms with van der Waals surface area (Å²) >= 11 is 3.41. The zero-order chi connectivity index (χ0) is 15.0. The predicted octanol–water partition coefficient (Wildman–Crippen LogP) is 1.85. The number of benzene rings is 1. The zero-order valence-corrected chi connectivity index (χ0v) is 13.2. The van der Waals surface area contributed by atoms with Crippen molar-refractivity contribution in [2.45, 2.75) is 19.9 Å². The summed E-state index contributed by atoms with van der Waals surface area (Å²) in [5, 5.41) is 5.85. The molecule has 0 atom stereocenters. The number of hydrogen-bond donors (Lipinski definition) is 2. The SMILES string of the molecule is CCCNC(=O)CNCc1ccc(C(=O)OC)cc1Br. The maximum Gasteiger partial charge on any atom is 0.337 e. The van der Waals surface area contributed by atoms with Gasteiger partial charge in [-0.3, -0.25) is 4.79 Å². The van der Waals surface area contributed by atoms with Crippen LogP contribution in [0.4, 0.5) is 0 Å². The van der Waals surface area contributed by atoms with E-state index in [0.717, 1.165) is 16.5 Å². The Hall–Kier alpha value is -1.40. The smallest absolute Gasteiger partial charge is 0.337 e. The van der Waals surface area contributed by atoms with Crippen LogP contribution in [0.5, 0.6) is 0 Å². The van der Waals surface area contributed by atoms with Crippen LogP contribution < -0.4 is 10.6 Å². The highest BCUT2D eigenvalue weighted by atomic mass is 79.9. The molecule has 0 saturated heterocycles. The summed E-state index contributed by atoms with van der Waals surface area (Å²) in [6.45, 7) is 3.51. The summed E-state index contributed by atoms with van der Waals surface area (Å²) in [6, 6.07) is 5.23. The summed E-state index contributed by atoms with van der Waals surface area (Å²) in [7, 11) is 1.35. The molecule has 0 aliphatic carbocycles. The van der Waals surface area contributed by atoms with Gasteiger partial charge in [0.2, 0.25) is 5.91 Å². The number of hydrogen-bond acceptors (Lipinski definition) is 4. The van der Waals surface area contributed by atoms with Crippen molar-refractivity contribution in [1.29, 1.82) is 0 Å². The zero-order valence-electron chi connectivity index (χ0n) is 11.7. The molecule has 0 saturated carbocycles. The van der Waals surface area contributed by atoms with Crippen LogP contribution in [0.3, 0.4) is 0 Å². The molecule has 5 nitrogen and oxygen atoms in total. The summed E-state index contributed by atoms with van der Waals surface area (Å²) < 4.78 is 5.46. The maximum atomic E-state index is 11.4. The van der Waals surface area contributed by atoms with Crippen molar-refractivity contribution >= 4 is 27.8 Å². The number of esters is 1. The van der Waals surface area contributed by atoms with Gasteiger partial charge in [-0.1, -0.05) is 28.9 Å². The molecule has 2 N–H and O–H groups in total. The van der Waals surface area contributed by atoms with Crippen molar-refractivity contribution in [3.05, 3.63) is 33.8 Å². The average Bonchev–Trinajstić information content (AvgIpc) is 2.45. The van der Waals surface area contributed by atoms with Crippen molar-refractivity contribution in [1.82, 2.24) is 10.6 Å². The molecule has 0 fully saturated rings. The number of methoxy groups -OCH3 is 1. The molecule has 0 aromatic heterocycles. The van der Waals surface area contributed by atoms with Crippen LogP contribution in [0, 0.1) is 0 Å². The molecule has 1 aromatic carbocycles. The molecule has 0 unspecified atom stereocenters. The minimum absolute atomic E-state index is 0.0193. The Bertz CT molecular complexity index is 477. The van der Waals surface area contributed by atoms with Crippen molar-refractivity contribution in [2.24, 2.45) is 0 Å². The van der Waals surface area contributed by atoms with Crippen molar-refractivity contribution in [2.75, 3.05) is 20.2 Å². The van der Waals surface area contributed by atoms with Gasteiger partial charge in [0.15, 0.2) is 0 Å². The first-order valence-corrected chi connectivity index (χ1v) is 7.22. The third-order valence-corrected chi connectivity index (χ3v) is 3.39. The Morgan fingerprint density at radius 2 is 2.10 bits per heavy atom. The Morgan fingerprint density at radius 1 is 1.35 bits per heavy atom. The van der Waals surface area contributed by atoms with Crippen LogP contribution in [0.25, 0.3) is 0 Å². The van der Waals surface area contributed by atoms with E-state index in [1.165, 1.54) is 7.11 Å². The lowest BCUT2D eigenvalue weighted by atomic mass is 10.1. The summed E-state index contributed by atoms with van der Waals surface area (Å²) in [6.07, 6.45) is 0.923. The standard InChI is InChI=1S/C14H19BrN2O3/c1-3-6-17-13(18)9-16-8-11-5-4-10(7-12(11)15)14(19)20-2/h4-5,7,16H,3,6,8-9H2,1-2H3,(H,17,18). The second-order valence-electron chi connectivity index (χ2n) is 4.25. The number of halogens is 1. The number of nitrogens with one attached hydrogen (secondary N) is 2. The van der Waals surface area contributed by atoms with Crippen molar-refractivity contribution < 1.29 is 14.3 Å². The van der Waals surface area contributed by atoms with Gasteiger partial charge in [0.05, 0.1) is 19.2 Å². The second kappa shape index (κ2) is 8.71. The van der Waals surface area contributed by atoms with Gasteiger partial charge in [0.1, 0.15) is 0 Å². The molecule has 6 heteroatoms. The number of rotatable bonds is 7. The molecule has 0 heterocycles. The molecule has 0 aliphatic rings. The van der Waals surface area contributed by atoms with Crippen LogP contribution in [0.15, 0.2) is 22.7 Å². The summed E-state index contributed by atoms with van der Waals surface area (Å²) in [5.74, 6) is -0.390. The van der Waals surface area contributed by atoms with Crippen molar-refractivity contribution in [3.8, 4) is 0 Å². The Kier molecular flexibility index (Phi) is 7.25. The van der Waals surface area contributed by atoms with E-state index in [1.54, 1.807) is 12.1 Å². The van der Waals surface area contributed by atoms with Gasteiger partial charge in [-0.2, -0.15) is 0 Å². The van der Waals surface area contributed by atoms with E-state index in [-0.39, 0.29) is 18.4 Å². The highest BCUT2D eigenvalue weighted by Crippen LogP contribution is 2.19. The van der Waals surface area contributed by atoms with Crippen molar-refractivity contribution in [3.63, 3.8) is 0 Å². The first-order chi connectivity index (χ1) is 9.58. The number of carbonyl (C=O) groups excluding carboxylic acids is 2. The lowest BCUT2D eigenvalue weighted by molar-refractivity contribution is -0.120. The lowest BCUT2D eigenvalue weighted by Crippen LogP contribution is -2.34. The maximum absolute atomic E-state index is 11.4. The Morgan fingerprint density at radius 3 is 2.70 bits per heavy atom. The normalized spacial score (nSPS) is 10.2. The third kappa shape index (κ3) is 5.30. The minimum Gasteiger partial charge on any atom is -0.465 e. The van der Waals surface area contributed by atoms with Gasteiger partial charge in [-0.15, -0.1) is 0 Å². The molecule has 1 amide bonds. The minimum atomic E-state index is -0.371. The number of carbonyl (C=O) groups is 2. The Balaban J connectivity index is 2.49. The monoisotopic (exact) mass is 342 g/mol. The van der Waals surface area contributed by atoms with E-state index in [0.29, 0.717) is 18.7 Å². The number of amides is 1. The highest BCUT2D eigenvalue weighted by molar-refractivity contribution is 9.10. The van der Waals surface area contributed by atoms with E-state index in [4.69, 9.17) is 0 Å². The molecule has 0 spiro atoms. The van der Waals surface area contributed by atoms with E-state index in [9.17, 15) is 9.59 Å². The van der Waals surface area contributed by atoms with E-state index >= 15 is 0 Å². The summed E-state index contributed by atoms with van der Waals surface area (Å²) in [5.41, 5.74) is 1.46. The third-order valence-electron chi connectivity index (χ3n) is 2.65. The molecule has 0 bridgehead atoms. The molecule has 0 radical (unpaired) electrons. The topological polar surface area (TPSA) is 67.4 Å². The van der Waals surface area contributed by atoms with Gasteiger partial charge >= 0.3 is 5.97 Å². The molecular weight excluding hydrogens is 324 g/mol. The van der Waals surface area contributed by atoms with Crippen LogP contribution in [-0.2, 0) is 16.1 Å². The van der Waals surface area contributed by atoms with Gasteiger partial charge in [0.25, 0.3) is 0 Å². The van der Waals surface area contributed by atoms with Gasteiger partial charge < -0.3 is 15.4 Å². The molecule has 20 heavy (non-hydrogen) atoms. The molecule has 1 rings (SSSR count). The van der Waals surface area contributed by atoms with E-state index in [2.05, 4.69) is 31.3 Å².